The van der Waals surface area contributed by atoms with E-state index in [0.717, 1.165) is 12.8 Å². The molecule has 0 aromatic heterocycles. The lowest BCUT2D eigenvalue weighted by Gasteiger charge is -2.03. The summed E-state index contributed by atoms with van der Waals surface area (Å²) < 4.78 is 11.1. The van der Waals surface area contributed by atoms with Gasteiger partial charge in [-0.05, 0) is 12.5 Å². The van der Waals surface area contributed by atoms with Crippen molar-refractivity contribution in [3.63, 3.8) is 0 Å². The first-order valence-electron chi connectivity index (χ1n) is 4.84. The topological polar surface area (TPSA) is 42.1 Å². The molecule has 3 heteroatoms. The molecular weight excluding hydrogens is 168 g/mol. The largest absolute Gasteiger partial charge is 0.365 e. The molecule has 2 heterocycles. The van der Waals surface area contributed by atoms with Crippen molar-refractivity contribution >= 4 is 5.78 Å². The lowest BCUT2D eigenvalue weighted by molar-refractivity contribution is -0.122. The fourth-order valence-electron chi connectivity index (χ4n) is 2.95. The number of carbonyl (C=O) groups excluding carboxylic acids is 1. The Morgan fingerprint density at radius 3 is 3.38 bits per heavy atom. The molecule has 3 nitrogen and oxygen atoms in total. The maximum atomic E-state index is 11.6. The zero-order valence-electron chi connectivity index (χ0n) is 7.16. The van der Waals surface area contributed by atoms with E-state index in [0.29, 0.717) is 12.5 Å². The summed E-state index contributed by atoms with van der Waals surface area (Å²) in [5.74, 6) is 0.269. The molecule has 2 aliphatic carbocycles. The molecule has 4 rings (SSSR count). The molecule has 13 heavy (non-hydrogen) atoms. The van der Waals surface area contributed by atoms with Crippen LogP contribution in [0, 0.1) is 0 Å². The molecule has 2 saturated heterocycles. The van der Waals surface area contributed by atoms with Gasteiger partial charge in [0.15, 0.2) is 11.4 Å². The Morgan fingerprint density at radius 1 is 1.54 bits per heavy atom. The molecule has 4 aliphatic rings. The number of carbonyl (C=O) groups is 1. The highest BCUT2D eigenvalue weighted by molar-refractivity contribution is 5.97. The van der Waals surface area contributed by atoms with Crippen molar-refractivity contribution in [2.45, 2.75) is 42.7 Å². The monoisotopic (exact) mass is 178 g/mol. The van der Waals surface area contributed by atoms with E-state index < -0.39 is 5.60 Å². The number of fused-ring (bicyclic) bond motifs is 1. The highest BCUT2D eigenvalue weighted by Gasteiger charge is 2.78. The molecule has 0 spiro atoms. The Balaban J connectivity index is 1.85. The minimum atomic E-state index is -0.510. The SMILES string of the molecule is O=C1CCC23CC4OC4C=CC12O3. The molecule has 68 valence electrons. The summed E-state index contributed by atoms with van der Waals surface area (Å²) in [4.78, 5) is 11.6. The molecule has 0 amide bonds. The van der Waals surface area contributed by atoms with Crippen molar-refractivity contribution < 1.29 is 14.3 Å². The van der Waals surface area contributed by atoms with Gasteiger partial charge in [-0.1, -0.05) is 6.08 Å². The van der Waals surface area contributed by atoms with E-state index in [2.05, 4.69) is 0 Å². The van der Waals surface area contributed by atoms with Crippen LogP contribution in [0.25, 0.3) is 0 Å². The van der Waals surface area contributed by atoms with Gasteiger partial charge in [0, 0.05) is 12.8 Å². The fourth-order valence-corrected chi connectivity index (χ4v) is 2.95. The quantitative estimate of drug-likeness (QED) is 0.402. The Labute approximate surface area is 75.7 Å². The first-order chi connectivity index (χ1) is 6.26. The molecule has 0 radical (unpaired) electrons. The first-order valence-corrected chi connectivity index (χ1v) is 4.84. The number of hydrogen-bond acceptors (Lipinski definition) is 3. The minimum absolute atomic E-state index is 0.156. The van der Waals surface area contributed by atoms with E-state index in [-0.39, 0.29) is 17.5 Å². The number of ether oxygens (including phenoxy) is 2. The van der Waals surface area contributed by atoms with Gasteiger partial charge in [0.2, 0.25) is 0 Å². The van der Waals surface area contributed by atoms with E-state index in [9.17, 15) is 4.79 Å². The Kier molecular flexibility index (Phi) is 0.839. The van der Waals surface area contributed by atoms with Crippen LogP contribution >= 0.6 is 0 Å². The van der Waals surface area contributed by atoms with E-state index in [4.69, 9.17) is 9.47 Å². The van der Waals surface area contributed by atoms with Crippen LogP contribution in [0.1, 0.15) is 19.3 Å². The van der Waals surface area contributed by atoms with Gasteiger partial charge >= 0.3 is 0 Å². The van der Waals surface area contributed by atoms with Crippen LogP contribution in [0.15, 0.2) is 12.2 Å². The zero-order valence-corrected chi connectivity index (χ0v) is 7.16. The predicted octanol–water partition coefficient (Wildman–Crippen LogP) is 0.584. The van der Waals surface area contributed by atoms with Crippen LogP contribution in [0.2, 0.25) is 0 Å². The highest BCUT2D eigenvalue weighted by atomic mass is 16.6. The second kappa shape index (κ2) is 1.62. The molecule has 3 fully saturated rings. The van der Waals surface area contributed by atoms with Gasteiger partial charge in [0.1, 0.15) is 11.7 Å². The lowest BCUT2D eigenvalue weighted by atomic mass is 9.93. The second-order valence-electron chi connectivity index (χ2n) is 4.46. The molecule has 4 atom stereocenters. The maximum Gasteiger partial charge on any atom is 0.174 e. The van der Waals surface area contributed by atoms with Crippen LogP contribution < -0.4 is 0 Å². The van der Waals surface area contributed by atoms with Crippen LogP contribution in [-0.2, 0) is 14.3 Å². The number of hydrogen-bond donors (Lipinski definition) is 0. The van der Waals surface area contributed by atoms with Gasteiger partial charge in [-0.15, -0.1) is 0 Å². The molecule has 0 bridgehead atoms. The first kappa shape index (κ1) is 6.74. The average Bonchev–Trinajstić information content (AvgIpc) is 2.92. The van der Waals surface area contributed by atoms with Crippen molar-refractivity contribution in [2.24, 2.45) is 0 Å². The Morgan fingerprint density at radius 2 is 2.46 bits per heavy atom. The second-order valence-corrected chi connectivity index (χ2v) is 4.46. The highest BCUT2D eigenvalue weighted by Crippen LogP contribution is 2.63. The van der Waals surface area contributed by atoms with E-state index in [1.54, 1.807) is 0 Å². The molecular formula is C10H10O3. The average molecular weight is 178 g/mol. The van der Waals surface area contributed by atoms with E-state index >= 15 is 0 Å². The van der Waals surface area contributed by atoms with Crippen LogP contribution in [0.5, 0.6) is 0 Å². The van der Waals surface area contributed by atoms with E-state index in [1.165, 1.54) is 0 Å². The molecule has 0 N–H and O–H groups in total. The molecule has 0 aromatic carbocycles. The molecule has 0 aromatic rings. The summed E-state index contributed by atoms with van der Waals surface area (Å²) >= 11 is 0. The van der Waals surface area contributed by atoms with Crippen molar-refractivity contribution in [2.75, 3.05) is 0 Å². The third kappa shape index (κ3) is 0.577. The lowest BCUT2D eigenvalue weighted by Crippen LogP contribution is -2.24. The van der Waals surface area contributed by atoms with Crippen molar-refractivity contribution in [1.29, 1.82) is 0 Å². The van der Waals surface area contributed by atoms with Crippen LogP contribution in [0.3, 0.4) is 0 Å². The standard InChI is InChI=1S/C10H10O3/c11-8-2-3-9-5-7-6(12-7)1-4-10(8,9)13-9/h1,4,6-7H,2-3,5H2. The molecule has 2 aliphatic heterocycles. The minimum Gasteiger partial charge on any atom is -0.365 e. The van der Waals surface area contributed by atoms with Gasteiger partial charge in [-0.2, -0.15) is 0 Å². The Hall–Kier alpha value is -0.670. The summed E-state index contributed by atoms with van der Waals surface area (Å²) in [5, 5.41) is 0. The summed E-state index contributed by atoms with van der Waals surface area (Å²) in [6, 6.07) is 0. The van der Waals surface area contributed by atoms with Crippen molar-refractivity contribution in [3.05, 3.63) is 12.2 Å². The number of epoxide rings is 2. The third-order valence-corrected chi connectivity index (χ3v) is 3.83. The summed E-state index contributed by atoms with van der Waals surface area (Å²) in [5.41, 5.74) is -0.666. The molecule has 1 saturated carbocycles. The van der Waals surface area contributed by atoms with Gasteiger partial charge < -0.3 is 9.47 Å². The normalized spacial score (nSPS) is 60.8. The Bertz CT molecular complexity index is 348. The molecule has 4 unspecified atom stereocenters. The van der Waals surface area contributed by atoms with Gasteiger partial charge in [-0.3, -0.25) is 4.79 Å². The van der Waals surface area contributed by atoms with Crippen molar-refractivity contribution in [3.8, 4) is 0 Å². The fraction of sp³-hybridized carbons (Fsp3) is 0.700. The summed E-state index contributed by atoms with van der Waals surface area (Å²) in [6.07, 6.45) is 7.03. The zero-order chi connectivity index (χ0) is 8.68. The van der Waals surface area contributed by atoms with Crippen LogP contribution in [0.4, 0.5) is 0 Å². The van der Waals surface area contributed by atoms with Crippen molar-refractivity contribution in [1.82, 2.24) is 0 Å². The van der Waals surface area contributed by atoms with Gasteiger partial charge in [0.25, 0.3) is 0 Å². The number of Topliss-reactive ketones (excluding diaryl/α,β-unsaturated/α-hetero) is 1. The number of ketones is 1. The van der Waals surface area contributed by atoms with Gasteiger partial charge in [0.05, 0.1) is 6.10 Å². The van der Waals surface area contributed by atoms with Crippen LogP contribution in [-0.4, -0.2) is 29.2 Å². The van der Waals surface area contributed by atoms with E-state index in [1.807, 2.05) is 12.2 Å². The smallest absolute Gasteiger partial charge is 0.174 e. The maximum absolute atomic E-state index is 11.6. The summed E-state index contributed by atoms with van der Waals surface area (Å²) in [6.45, 7) is 0. The third-order valence-electron chi connectivity index (χ3n) is 3.83. The summed E-state index contributed by atoms with van der Waals surface area (Å²) in [7, 11) is 0. The van der Waals surface area contributed by atoms with Gasteiger partial charge in [-0.25, -0.2) is 0 Å². The predicted molar refractivity (Wildman–Crippen MR) is 43.2 cm³/mol. The number of rotatable bonds is 0.